The van der Waals surface area contributed by atoms with Gasteiger partial charge in [0.1, 0.15) is 5.75 Å². The van der Waals surface area contributed by atoms with Crippen molar-refractivity contribution in [2.45, 2.75) is 18.8 Å². The van der Waals surface area contributed by atoms with Crippen LogP contribution in [0.3, 0.4) is 0 Å². The highest BCUT2D eigenvalue weighted by molar-refractivity contribution is 6.31. The van der Waals surface area contributed by atoms with Crippen molar-refractivity contribution in [1.82, 2.24) is 14.6 Å². The smallest absolute Gasteiger partial charge is 0.183 e. The average Bonchev–Trinajstić information content (AvgIpc) is 3.25. The van der Waals surface area contributed by atoms with Gasteiger partial charge in [0.05, 0.1) is 6.20 Å². The molecule has 0 atom stereocenters. The monoisotopic (exact) mass is 319 g/mol. The maximum Gasteiger partial charge on any atom is 0.183 e. The predicted octanol–water partition coefficient (Wildman–Crippen LogP) is 4.71. The van der Waals surface area contributed by atoms with Crippen LogP contribution in [0.25, 0.3) is 5.65 Å². The Labute approximate surface area is 131 Å². The highest BCUT2D eigenvalue weighted by Gasteiger charge is 2.23. The van der Waals surface area contributed by atoms with Crippen LogP contribution in [-0.4, -0.2) is 14.6 Å². The SMILES string of the molecule is Clc1cc2ncc(Oc3cccc(C4CC4)c3)c(Cl)n2n1. The lowest BCUT2D eigenvalue weighted by Gasteiger charge is -2.09. The van der Waals surface area contributed by atoms with Crippen molar-refractivity contribution in [1.29, 1.82) is 0 Å². The van der Waals surface area contributed by atoms with Crippen LogP contribution in [0.4, 0.5) is 0 Å². The van der Waals surface area contributed by atoms with E-state index in [9.17, 15) is 0 Å². The number of hydrogen-bond donors (Lipinski definition) is 0. The first-order valence-electron chi connectivity index (χ1n) is 6.68. The lowest BCUT2D eigenvalue weighted by molar-refractivity contribution is 0.475. The van der Waals surface area contributed by atoms with Gasteiger partial charge in [0.25, 0.3) is 0 Å². The van der Waals surface area contributed by atoms with Crippen LogP contribution in [0, 0.1) is 0 Å². The molecule has 0 bridgehead atoms. The van der Waals surface area contributed by atoms with Gasteiger partial charge in [0, 0.05) is 6.07 Å². The third-order valence-electron chi connectivity index (χ3n) is 3.50. The van der Waals surface area contributed by atoms with Gasteiger partial charge in [-0.25, -0.2) is 4.98 Å². The Kier molecular flexibility index (Phi) is 3.01. The van der Waals surface area contributed by atoms with Gasteiger partial charge < -0.3 is 4.74 Å². The second-order valence-corrected chi connectivity index (χ2v) is 5.84. The van der Waals surface area contributed by atoms with E-state index in [1.807, 2.05) is 18.2 Å². The molecule has 1 aliphatic rings. The molecule has 21 heavy (non-hydrogen) atoms. The molecular weight excluding hydrogens is 309 g/mol. The number of rotatable bonds is 3. The van der Waals surface area contributed by atoms with E-state index < -0.39 is 0 Å². The number of aromatic nitrogens is 3. The van der Waals surface area contributed by atoms with Crippen molar-refractivity contribution >= 4 is 28.8 Å². The zero-order chi connectivity index (χ0) is 14.4. The summed E-state index contributed by atoms with van der Waals surface area (Å²) in [5, 5.41) is 4.77. The number of ether oxygens (including phenoxy) is 1. The fraction of sp³-hybridized carbons (Fsp3) is 0.200. The summed E-state index contributed by atoms with van der Waals surface area (Å²) < 4.78 is 7.31. The second-order valence-electron chi connectivity index (χ2n) is 5.10. The minimum atomic E-state index is 0.345. The largest absolute Gasteiger partial charge is 0.452 e. The van der Waals surface area contributed by atoms with Crippen LogP contribution in [0.5, 0.6) is 11.5 Å². The predicted molar refractivity (Wildman–Crippen MR) is 81.5 cm³/mol. The molecule has 0 radical (unpaired) electrons. The number of hydrogen-bond acceptors (Lipinski definition) is 3. The zero-order valence-corrected chi connectivity index (χ0v) is 12.5. The summed E-state index contributed by atoms with van der Waals surface area (Å²) in [7, 11) is 0. The van der Waals surface area contributed by atoms with E-state index in [4.69, 9.17) is 27.9 Å². The fourth-order valence-corrected chi connectivity index (χ4v) is 2.69. The van der Waals surface area contributed by atoms with Gasteiger partial charge in [-0.3, -0.25) is 0 Å². The molecule has 4 rings (SSSR count). The molecule has 2 heterocycles. The highest BCUT2D eigenvalue weighted by Crippen LogP contribution is 2.41. The van der Waals surface area contributed by atoms with E-state index in [1.54, 1.807) is 12.3 Å². The molecule has 1 fully saturated rings. The Morgan fingerprint density at radius 2 is 2.05 bits per heavy atom. The molecule has 2 aromatic heterocycles. The molecule has 106 valence electrons. The number of nitrogens with zero attached hydrogens (tertiary/aromatic N) is 3. The van der Waals surface area contributed by atoms with Gasteiger partial charge >= 0.3 is 0 Å². The Bertz CT molecular complexity index is 827. The van der Waals surface area contributed by atoms with Crippen LogP contribution in [-0.2, 0) is 0 Å². The molecule has 0 spiro atoms. The molecule has 0 N–H and O–H groups in total. The van der Waals surface area contributed by atoms with Gasteiger partial charge in [-0.05, 0) is 36.5 Å². The minimum Gasteiger partial charge on any atom is -0.452 e. The molecule has 0 unspecified atom stereocenters. The second kappa shape index (κ2) is 4.90. The summed E-state index contributed by atoms with van der Waals surface area (Å²) in [4.78, 5) is 4.24. The lowest BCUT2D eigenvalue weighted by Crippen LogP contribution is -1.96. The van der Waals surface area contributed by atoms with Crippen molar-refractivity contribution < 1.29 is 4.74 Å². The third kappa shape index (κ3) is 2.45. The lowest BCUT2D eigenvalue weighted by atomic mass is 10.1. The average molecular weight is 320 g/mol. The van der Waals surface area contributed by atoms with Gasteiger partial charge in [-0.15, -0.1) is 0 Å². The summed E-state index contributed by atoms with van der Waals surface area (Å²) in [6.07, 6.45) is 4.09. The van der Waals surface area contributed by atoms with E-state index in [-0.39, 0.29) is 0 Å². The summed E-state index contributed by atoms with van der Waals surface area (Å²) in [6, 6.07) is 9.72. The molecule has 1 saturated carbocycles. The van der Waals surface area contributed by atoms with Gasteiger partial charge in [-0.1, -0.05) is 35.3 Å². The minimum absolute atomic E-state index is 0.345. The molecule has 0 saturated heterocycles. The Morgan fingerprint density at radius 3 is 2.86 bits per heavy atom. The van der Waals surface area contributed by atoms with E-state index in [0.717, 1.165) is 5.75 Å². The van der Waals surface area contributed by atoms with Crippen LogP contribution >= 0.6 is 23.2 Å². The molecule has 0 aliphatic heterocycles. The molecule has 6 heteroatoms. The summed E-state index contributed by atoms with van der Waals surface area (Å²) in [5.41, 5.74) is 1.89. The Hall–Kier alpha value is -1.78. The zero-order valence-electron chi connectivity index (χ0n) is 11.0. The van der Waals surface area contributed by atoms with Crippen molar-refractivity contribution in [3.63, 3.8) is 0 Å². The van der Waals surface area contributed by atoms with Crippen molar-refractivity contribution in [2.75, 3.05) is 0 Å². The molecule has 1 aliphatic carbocycles. The fourth-order valence-electron chi connectivity index (χ4n) is 2.31. The Morgan fingerprint density at radius 1 is 1.19 bits per heavy atom. The standard InChI is InChI=1S/C15H11Cl2N3O/c16-13-7-14-18-8-12(15(17)20(14)19-13)21-11-3-1-2-10(6-11)9-4-5-9/h1-3,6-9H,4-5H2. The van der Waals surface area contributed by atoms with Crippen molar-refractivity contribution in [2.24, 2.45) is 0 Å². The quantitative estimate of drug-likeness (QED) is 0.656. The summed E-state index contributed by atoms with van der Waals surface area (Å²) in [6.45, 7) is 0. The van der Waals surface area contributed by atoms with Gasteiger partial charge in [-0.2, -0.15) is 9.61 Å². The van der Waals surface area contributed by atoms with Gasteiger partial charge in [0.2, 0.25) is 0 Å². The van der Waals surface area contributed by atoms with Gasteiger partial charge in [0.15, 0.2) is 21.7 Å². The normalized spacial score (nSPS) is 14.6. The molecule has 0 amide bonds. The topological polar surface area (TPSA) is 39.4 Å². The first-order chi connectivity index (χ1) is 10.2. The van der Waals surface area contributed by atoms with E-state index >= 15 is 0 Å². The number of halogens is 2. The molecular formula is C15H11Cl2N3O. The van der Waals surface area contributed by atoms with Crippen LogP contribution in [0.15, 0.2) is 36.5 Å². The van der Waals surface area contributed by atoms with Crippen LogP contribution in [0.2, 0.25) is 10.3 Å². The maximum atomic E-state index is 6.30. The third-order valence-corrected chi connectivity index (χ3v) is 4.03. The van der Waals surface area contributed by atoms with Crippen LogP contribution < -0.4 is 4.74 Å². The van der Waals surface area contributed by atoms with Crippen molar-refractivity contribution in [3.8, 4) is 11.5 Å². The maximum absolute atomic E-state index is 6.30. The molecule has 1 aromatic carbocycles. The summed E-state index contributed by atoms with van der Waals surface area (Å²) >= 11 is 12.2. The number of fused-ring (bicyclic) bond motifs is 1. The number of benzene rings is 1. The highest BCUT2D eigenvalue weighted by atomic mass is 35.5. The van der Waals surface area contributed by atoms with Crippen LogP contribution in [0.1, 0.15) is 24.3 Å². The Balaban J connectivity index is 1.70. The first kappa shape index (κ1) is 12.9. The van der Waals surface area contributed by atoms with Crippen molar-refractivity contribution in [3.05, 3.63) is 52.4 Å². The van der Waals surface area contributed by atoms with E-state index in [1.165, 1.54) is 22.9 Å². The molecule has 3 aromatic rings. The first-order valence-corrected chi connectivity index (χ1v) is 7.44. The summed E-state index contributed by atoms with van der Waals surface area (Å²) in [5.74, 6) is 1.88. The van der Waals surface area contributed by atoms with E-state index in [2.05, 4.69) is 16.1 Å². The van der Waals surface area contributed by atoms with E-state index in [0.29, 0.717) is 27.6 Å². The molecule has 4 nitrogen and oxygen atoms in total.